The maximum absolute atomic E-state index is 12.8. The van der Waals surface area contributed by atoms with E-state index in [1.54, 1.807) is 60.9 Å². The number of carbonyl (C=O) groups is 2. The zero-order valence-electron chi connectivity index (χ0n) is 14.3. The van der Waals surface area contributed by atoms with Crippen LogP contribution in [0.5, 0.6) is 0 Å². The summed E-state index contributed by atoms with van der Waals surface area (Å²) >= 11 is 0. The number of nitrogens with zero attached hydrogens (tertiary/aromatic N) is 2. The molecule has 0 radical (unpaired) electrons. The van der Waals surface area contributed by atoms with Gasteiger partial charge in [-0.3, -0.25) is 14.6 Å². The SMILES string of the molecule is O=C1C(=O)N(Cc2ccco2)[C@H](c2cccnc2)C1=C(O)c1ccccc1. The normalized spacial score (nSPS) is 18.8. The summed E-state index contributed by atoms with van der Waals surface area (Å²) in [7, 11) is 0. The molecule has 4 rings (SSSR count). The van der Waals surface area contributed by atoms with Gasteiger partial charge in [0.25, 0.3) is 11.7 Å². The third-order valence-electron chi connectivity index (χ3n) is 4.49. The summed E-state index contributed by atoms with van der Waals surface area (Å²) in [5.41, 5.74) is 1.16. The number of furan rings is 1. The third kappa shape index (κ3) is 3.01. The van der Waals surface area contributed by atoms with Crippen molar-refractivity contribution >= 4 is 17.4 Å². The Morgan fingerprint density at radius 2 is 1.89 bits per heavy atom. The number of aromatic nitrogens is 1. The van der Waals surface area contributed by atoms with Gasteiger partial charge in [0, 0.05) is 18.0 Å². The molecule has 1 fully saturated rings. The number of amides is 1. The Hall–Kier alpha value is -3.67. The molecule has 134 valence electrons. The van der Waals surface area contributed by atoms with Crippen molar-refractivity contribution in [3.8, 4) is 0 Å². The number of pyridine rings is 1. The fourth-order valence-electron chi connectivity index (χ4n) is 3.25. The van der Waals surface area contributed by atoms with Crippen molar-refractivity contribution in [1.82, 2.24) is 9.88 Å². The van der Waals surface area contributed by atoms with E-state index >= 15 is 0 Å². The standard InChI is InChI=1S/C21H16N2O4/c24-19(14-6-2-1-3-7-14)17-18(15-8-4-10-22-12-15)23(21(26)20(17)25)13-16-9-5-11-27-16/h1-12,18,24H,13H2/t18-/m1/s1. The maximum Gasteiger partial charge on any atom is 0.296 e. The quantitative estimate of drug-likeness (QED) is 0.438. The molecule has 1 amide bonds. The van der Waals surface area contributed by atoms with Crippen LogP contribution in [0.3, 0.4) is 0 Å². The zero-order valence-corrected chi connectivity index (χ0v) is 14.3. The molecule has 0 saturated carbocycles. The second-order valence-electron chi connectivity index (χ2n) is 6.16. The number of rotatable bonds is 4. The van der Waals surface area contributed by atoms with Gasteiger partial charge in [-0.05, 0) is 23.8 Å². The van der Waals surface area contributed by atoms with E-state index < -0.39 is 17.7 Å². The lowest BCUT2D eigenvalue weighted by atomic mass is 9.96. The summed E-state index contributed by atoms with van der Waals surface area (Å²) < 4.78 is 5.34. The van der Waals surface area contributed by atoms with Crippen molar-refractivity contribution in [2.24, 2.45) is 0 Å². The monoisotopic (exact) mass is 360 g/mol. The number of Topliss-reactive ketones (excluding diaryl/α,β-unsaturated/α-hetero) is 1. The molecule has 0 aliphatic carbocycles. The molecule has 0 spiro atoms. The van der Waals surface area contributed by atoms with E-state index in [1.807, 2.05) is 6.07 Å². The van der Waals surface area contributed by atoms with Crippen LogP contribution in [0, 0.1) is 0 Å². The van der Waals surface area contributed by atoms with Gasteiger partial charge >= 0.3 is 0 Å². The molecule has 1 aliphatic rings. The van der Waals surface area contributed by atoms with E-state index in [9.17, 15) is 14.7 Å². The molecule has 1 atom stereocenters. The van der Waals surface area contributed by atoms with E-state index in [0.29, 0.717) is 16.9 Å². The van der Waals surface area contributed by atoms with E-state index in [2.05, 4.69) is 4.98 Å². The van der Waals surface area contributed by atoms with Crippen molar-refractivity contribution in [2.45, 2.75) is 12.6 Å². The third-order valence-corrected chi connectivity index (χ3v) is 4.49. The maximum atomic E-state index is 12.8. The fourth-order valence-corrected chi connectivity index (χ4v) is 3.25. The Bertz CT molecular complexity index is 995. The highest BCUT2D eigenvalue weighted by Gasteiger charge is 2.46. The minimum atomic E-state index is -0.746. The van der Waals surface area contributed by atoms with Crippen LogP contribution >= 0.6 is 0 Å². The largest absolute Gasteiger partial charge is 0.507 e. The topological polar surface area (TPSA) is 83.6 Å². The first-order valence-electron chi connectivity index (χ1n) is 8.43. The number of benzene rings is 1. The van der Waals surface area contributed by atoms with Crippen LogP contribution in [-0.4, -0.2) is 26.7 Å². The van der Waals surface area contributed by atoms with Crippen LogP contribution in [0.1, 0.15) is 22.9 Å². The highest BCUT2D eigenvalue weighted by atomic mass is 16.3. The predicted octanol–water partition coefficient (Wildman–Crippen LogP) is 3.30. The number of likely N-dealkylation sites (tertiary alicyclic amines) is 1. The van der Waals surface area contributed by atoms with Gasteiger partial charge in [-0.15, -0.1) is 0 Å². The van der Waals surface area contributed by atoms with E-state index in [-0.39, 0.29) is 17.9 Å². The first-order chi connectivity index (χ1) is 13.2. The summed E-state index contributed by atoms with van der Waals surface area (Å²) in [5, 5.41) is 10.8. The van der Waals surface area contributed by atoms with Gasteiger partial charge in [-0.25, -0.2) is 0 Å². The second-order valence-corrected chi connectivity index (χ2v) is 6.16. The Balaban J connectivity index is 1.86. The number of aliphatic hydroxyl groups is 1. The summed E-state index contributed by atoms with van der Waals surface area (Å²) in [6.45, 7) is 0.114. The molecule has 1 N–H and O–H groups in total. The molecular formula is C21H16N2O4. The molecular weight excluding hydrogens is 344 g/mol. The lowest BCUT2D eigenvalue weighted by Crippen LogP contribution is -2.29. The molecule has 1 saturated heterocycles. The molecule has 27 heavy (non-hydrogen) atoms. The number of carbonyl (C=O) groups excluding carboxylic acids is 2. The summed E-state index contributed by atoms with van der Waals surface area (Å²) in [4.78, 5) is 31.0. The number of hydrogen-bond acceptors (Lipinski definition) is 5. The first-order valence-corrected chi connectivity index (χ1v) is 8.43. The van der Waals surface area contributed by atoms with Crippen LogP contribution in [0.2, 0.25) is 0 Å². The molecule has 3 heterocycles. The van der Waals surface area contributed by atoms with Gasteiger partial charge in [-0.1, -0.05) is 36.4 Å². The molecule has 0 bridgehead atoms. The number of aliphatic hydroxyl groups excluding tert-OH is 1. The van der Waals surface area contributed by atoms with E-state index in [0.717, 1.165) is 0 Å². The molecule has 1 aliphatic heterocycles. The minimum Gasteiger partial charge on any atom is -0.507 e. The van der Waals surface area contributed by atoms with Crippen molar-refractivity contribution in [3.63, 3.8) is 0 Å². The Morgan fingerprint density at radius 1 is 1.07 bits per heavy atom. The first kappa shape index (κ1) is 16.8. The van der Waals surface area contributed by atoms with Gasteiger partial charge in [-0.2, -0.15) is 0 Å². The Labute approximate surface area is 155 Å². The molecule has 6 heteroatoms. The smallest absolute Gasteiger partial charge is 0.296 e. The lowest BCUT2D eigenvalue weighted by molar-refractivity contribution is -0.140. The molecule has 0 unspecified atom stereocenters. The Morgan fingerprint density at radius 3 is 2.56 bits per heavy atom. The van der Waals surface area contributed by atoms with Gasteiger partial charge in [0.1, 0.15) is 11.5 Å². The molecule has 2 aromatic heterocycles. The number of hydrogen-bond donors (Lipinski definition) is 1. The highest BCUT2D eigenvalue weighted by Crippen LogP contribution is 2.39. The highest BCUT2D eigenvalue weighted by molar-refractivity contribution is 6.46. The van der Waals surface area contributed by atoms with Gasteiger partial charge < -0.3 is 14.4 Å². The molecule has 3 aromatic rings. The minimum absolute atomic E-state index is 0.0470. The summed E-state index contributed by atoms with van der Waals surface area (Å²) in [5.74, 6) is -1.07. The van der Waals surface area contributed by atoms with E-state index in [1.165, 1.54) is 11.2 Å². The Kier molecular flexibility index (Phi) is 4.30. The summed E-state index contributed by atoms with van der Waals surface area (Å²) in [6.07, 6.45) is 4.71. The average molecular weight is 360 g/mol. The summed E-state index contributed by atoms with van der Waals surface area (Å²) in [6, 6.07) is 14.9. The molecule has 1 aromatic carbocycles. The second kappa shape index (κ2) is 6.92. The van der Waals surface area contributed by atoms with Crippen molar-refractivity contribution in [3.05, 3.63) is 95.7 Å². The van der Waals surface area contributed by atoms with E-state index in [4.69, 9.17) is 4.42 Å². The van der Waals surface area contributed by atoms with Crippen LogP contribution in [0.15, 0.2) is 83.2 Å². The predicted molar refractivity (Wildman–Crippen MR) is 97.2 cm³/mol. The van der Waals surface area contributed by atoms with Gasteiger partial charge in [0.2, 0.25) is 0 Å². The lowest BCUT2D eigenvalue weighted by Gasteiger charge is -2.24. The average Bonchev–Trinajstić information content (AvgIpc) is 3.31. The van der Waals surface area contributed by atoms with Crippen molar-refractivity contribution in [1.29, 1.82) is 0 Å². The van der Waals surface area contributed by atoms with Crippen LogP contribution in [-0.2, 0) is 16.1 Å². The van der Waals surface area contributed by atoms with Crippen LogP contribution < -0.4 is 0 Å². The van der Waals surface area contributed by atoms with Crippen LogP contribution in [0.25, 0.3) is 5.76 Å². The fraction of sp³-hybridized carbons (Fsp3) is 0.0952. The van der Waals surface area contributed by atoms with Crippen molar-refractivity contribution < 1.29 is 19.1 Å². The zero-order chi connectivity index (χ0) is 18.8. The number of ketones is 1. The van der Waals surface area contributed by atoms with Gasteiger partial charge in [0.05, 0.1) is 24.4 Å². The van der Waals surface area contributed by atoms with Crippen LogP contribution in [0.4, 0.5) is 0 Å². The molecule has 6 nitrogen and oxygen atoms in total. The van der Waals surface area contributed by atoms with Gasteiger partial charge in [0.15, 0.2) is 0 Å². The van der Waals surface area contributed by atoms with Crippen molar-refractivity contribution in [2.75, 3.05) is 0 Å².